The number of amides is 1. The number of anilines is 1. The lowest BCUT2D eigenvalue weighted by Crippen LogP contribution is -2.15. The van der Waals surface area contributed by atoms with E-state index in [9.17, 15) is 13.2 Å². The molecule has 0 aliphatic heterocycles. The Morgan fingerprint density at radius 3 is 2.25 bits per heavy atom. The number of rotatable bonds is 2. The van der Waals surface area contributed by atoms with E-state index in [-0.39, 0.29) is 10.8 Å². The molecule has 5 nitrogen and oxygen atoms in total. The molecule has 0 atom stereocenters. The number of carbonyl (C=O) groups is 1. The van der Waals surface area contributed by atoms with Crippen LogP contribution < -0.4 is 10.5 Å². The zero-order chi connectivity index (χ0) is 12.5. The fourth-order valence-electron chi connectivity index (χ4n) is 1.46. The van der Waals surface area contributed by atoms with Crippen molar-refractivity contribution in [3.05, 3.63) is 23.3 Å². The maximum Gasteiger partial charge on any atom is 0.238 e. The highest BCUT2D eigenvalue weighted by Gasteiger charge is 2.14. The molecule has 1 rings (SSSR count). The van der Waals surface area contributed by atoms with Gasteiger partial charge in [-0.15, -0.1) is 0 Å². The Kier molecular flexibility index (Phi) is 3.35. The zero-order valence-corrected chi connectivity index (χ0v) is 10.2. The Morgan fingerprint density at radius 2 is 1.81 bits per heavy atom. The second-order valence-corrected chi connectivity index (χ2v) is 5.19. The number of aryl methyl sites for hydroxylation is 2. The van der Waals surface area contributed by atoms with Crippen LogP contribution in [0.1, 0.15) is 18.1 Å². The summed E-state index contributed by atoms with van der Waals surface area (Å²) in [6.07, 6.45) is 0. The van der Waals surface area contributed by atoms with Crippen LogP contribution in [0, 0.1) is 13.8 Å². The van der Waals surface area contributed by atoms with Crippen LogP contribution >= 0.6 is 0 Å². The number of nitrogens with two attached hydrogens (primary N) is 1. The fraction of sp³-hybridized carbons (Fsp3) is 0.300. The van der Waals surface area contributed by atoms with Crippen LogP contribution in [0.15, 0.2) is 17.0 Å². The third kappa shape index (κ3) is 2.80. The predicted octanol–water partition coefficient (Wildman–Crippen LogP) is 0.909. The Bertz CT molecular complexity index is 535. The predicted molar refractivity (Wildman–Crippen MR) is 61.6 cm³/mol. The topological polar surface area (TPSA) is 89.3 Å². The van der Waals surface area contributed by atoms with Gasteiger partial charge in [-0.05, 0) is 31.0 Å². The van der Waals surface area contributed by atoms with Crippen molar-refractivity contribution in [3.63, 3.8) is 0 Å². The molecule has 0 fully saturated rings. The van der Waals surface area contributed by atoms with Crippen LogP contribution in [0.4, 0.5) is 5.69 Å². The van der Waals surface area contributed by atoms with E-state index in [0.29, 0.717) is 11.3 Å². The SMILES string of the molecule is CC(=O)Nc1cc(S(N)(=O)=O)c(C)cc1C. The molecule has 0 unspecified atom stereocenters. The molecule has 0 spiro atoms. The third-order valence-electron chi connectivity index (χ3n) is 2.14. The van der Waals surface area contributed by atoms with Crippen molar-refractivity contribution >= 4 is 21.6 Å². The average molecular weight is 242 g/mol. The lowest BCUT2D eigenvalue weighted by molar-refractivity contribution is -0.114. The highest BCUT2D eigenvalue weighted by molar-refractivity contribution is 7.89. The van der Waals surface area contributed by atoms with Gasteiger partial charge in [0.1, 0.15) is 0 Å². The van der Waals surface area contributed by atoms with E-state index < -0.39 is 10.0 Å². The number of sulfonamides is 1. The molecule has 0 heterocycles. The molecule has 0 saturated heterocycles. The van der Waals surface area contributed by atoms with E-state index in [1.54, 1.807) is 19.9 Å². The summed E-state index contributed by atoms with van der Waals surface area (Å²) in [5.41, 5.74) is 1.82. The smallest absolute Gasteiger partial charge is 0.238 e. The Morgan fingerprint density at radius 1 is 1.25 bits per heavy atom. The molecule has 0 radical (unpaired) electrons. The van der Waals surface area contributed by atoms with Crippen LogP contribution in [0.2, 0.25) is 0 Å². The highest BCUT2D eigenvalue weighted by atomic mass is 32.2. The number of primary sulfonamides is 1. The van der Waals surface area contributed by atoms with Crippen molar-refractivity contribution in [2.24, 2.45) is 5.14 Å². The Labute approximate surface area is 94.7 Å². The second kappa shape index (κ2) is 4.23. The Hall–Kier alpha value is -1.40. The monoisotopic (exact) mass is 242 g/mol. The van der Waals surface area contributed by atoms with Gasteiger partial charge in [-0.1, -0.05) is 6.07 Å². The second-order valence-electron chi connectivity index (χ2n) is 3.66. The van der Waals surface area contributed by atoms with Crippen molar-refractivity contribution in [2.45, 2.75) is 25.7 Å². The molecule has 0 aliphatic rings. The summed E-state index contributed by atoms with van der Waals surface area (Å²) < 4.78 is 22.5. The maximum absolute atomic E-state index is 11.3. The minimum absolute atomic E-state index is 0.0295. The van der Waals surface area contributed by atoms with Gasteiger partial charge in [0.15, 0.2) is 0 Å². The summed E-state index contributed by atoms with van der Waals surface area (Å²) in [7, 11) is -3.76. The van der Waals surface area contributed by atoms with Crippen molar-refractivity contribution in [1.82, 2.24) is 0 Å². The minimum Gasteiger partial charge on any atom is -0.326 e. The number of hydrogen-bond donors (Lipinski definition) is 2. The van der Waals surface area contributed by atoms with E-state index in [1.807, 2.05) is 0 Å². The molecule has 0 bridgehead atoms. The van der Waals surface area contributed by atoms with Crippen LogP contribution in [-0.2, 0) is 14.8 Å². The van der Waals surface area contributed by atoms with Crippen LogP contribution in [0.3, 0.4) is 0 Å². The minimum atomic E-state index is -3.76. The molecule has 6 heteroatoms. The summed E-state index contributed by atoms with van der Waals surface area (Å²) >= 11 is 0. The van der Waals surface area contributed by atoms with Crippen molar-refractivity contribution in [1.29, 1.82) is 0 Å². The lowest BCUT2D eigenvalue weighted by atomic mass is 10.1. The standard InChI is InChI=1S/C10H14N2O3S/c1-6-4-7(2)10(16(11,14)15)5-9(6)12-8(3)13/h4-5H,1-3H3,(H,12,13)(H2,11,14,15). The summed E-state index contributed by atoms with van der Waals surface area (Å²) in [5.74, 6) is -0.257. The average Bonchev–Trinajstić information content (AvgIpc) is 2.06. The van der Waals surface area contributed by atoms with E-state index in [0.717, 1.165) is 5.56 Å². The third-order valence-corrected chi connectivity index (χ3v) is 3.19. The van der Waals surface area contributed by atoms with Crippen LogP contribution in [0.25, 0.3) is 0 Å². The maximum atomic E-state index is 11.3. The van der Waals surface area contributed by atoms with Gasteiger partial charge in [-0.25, -0.2) is 13.6 Å². The first kappa shape index (κ1) is 12.7. The van der Waals surface area contributed by atoms with Crippen LogP contribution in [-0.4, -0.2) is 14.3 Å². The molecule has 1 aromatic rings. The van der Waals surface area contributed by atoms with Crippen molar-refractivity contribution in [2.75, 3.05) is 5.32 Å². The van der Waals surface area contributed by atoms with Crippen molar-refractivity contribution < 1.29 is 13.2 Å². The van der Waals surface area contributed by atoms with Gasteiger partial charge in [0.05, 0.1) is 4.90 Å². The number of carbonyl (C=O) groups excluding carboxylic acids is 1. The number of hydrogen-bond acceptors (Lipinski definition) is 3. The first-order valence-electron chi connectivity index (χ1n) is 4.63. The zero-order valence-electron chi connectivity index (χ0n) is 9.37. The van der Waals surface area contributed by atoms with Gasteiger partial charge in [0.2, 0.25) is 15.9 Å². The highest BCUT2D eigenvalue weighted by Crippen LogP contribution is 2.23. The van der Waals surface area contributed by atoms with E-state index in [4.69, 9.17) is 5.14 Å². The van der Waals surface area contributed by atoms with Crippen molar-refractivity contribution in [3.8, 4) is 0 Å². The van der Waals surface area contributed by atoms with Gasteiger partial charge in [-0.3, -0.25) is 4.79 Å². The molecule has 16 heavy (non-hydrogen) atoms. The molecule has 0 saturated carbocycles. The van der Waals surface area contributed by atoms with Crippen LogP contribution in [0.5, 0.6) is 0 Å². The summed E-state index contributed by atoms with van der Waals surface area (Å²) in [6.45, 7) is 4.80. The quantitative estimate of drug-likeness (QED) is 0.807. The normalized spacial score (nSPS) is 11.2. The Balaban J connectivity index is 3.38. The number of benzene rings is 1. The summed E-state index contributed by atoms with van der Waals surface area (Å²) in [5, 5.41) is 7.62. The van der Waals surface area contributed by atoms with Gasteiger partial charge in [-0.2, -0.15) is 0 Å². The van der Waals surface area contributed by atoms with E-state index in [2.05, 4.69) is 5.32 Å². The van der Waals surface area contributed by atoms with Gasteiger partial charge < -0.3 is 5.32 Å². The van der Waals surface area contributed by atoms with Gasteiger partial charge >= 0.3 is 0 Å². The molecular formula is C10H14N2O3S. The summed E-state index contributed by atoms with van der Waals surface area (Å²) in [6, 6.07) is 3.05. The molecule has 1 amide bonds. The van der Waals surface area contributed by atoms with E-state index >= 15 is 0 Å². The largest absolute Gasteiger partial charge is 0.326 e. The molecule has 3 N–H and O–H groups in total. The summed E-state index contributed by atoms with van der Waals surface area (Å²) in [4.78, 5) is 10.9. The molecule has 88 valence electrons. The molecule has 0 aromatic heterocycles. The fourth-order valence-corrected chi connectivity index (χ4v) is 2.25. The lowest BCUT2D eigenvalue weighted by Gasteiger charge is -2.11. The molecule has 0 aliphatic carbocycles. The number of nitrogens with one attached hydrogen (secondary N) is 1. The first-order valence-corrected chi connectivity index (χ1v) is 6.18. The first-order chi connectivity index (χ1) is 7.21. The van der Waals surface area contributed by atoms with Gasteiger partial charge in [0, 0.05) is 12.6 Å². The molecule has 1 aromatic carbocycles. The van der Waals surface area contributed by atoms with Gasteiger partial charge in [0.25, 0.3) is 0 Å². The molecular weight excluding hydrogens is 228 g/mol. The van der Waals surface area contributed by atoms with E-state index in [1.165, 1.54) is 13.0 Å².